The maximum Gasteiger partial charge on any atom is 0.257 e. The number of nitrogens with one attached hydrogen (secondary N) is 1. The minimum atomic E-state index is -0.328. The second-order valence-electron chi connectivity index (χ2n) is 14.3. The summed E-state index contributed by atoms with van der Waals surface area (Å²) < 4.78 is 27.1. The van der Waals surface area contributed by atoms with Gasteiger partial charge in [0.2, 0.25) is 17.7 Å². The number of unbranched alkanes of at least 4 members (excludes halogenated alkanes) is 2. The number of halogens is 1. The first-order valence-corrected chi connectivity index (χ1v) is 19.0. The van der Waals surface area contributed by atoms with Gasteiger partial charge in [0.25, 0.3) is 5.56 Å². The van der Waals surface area contributed by atoms with Gasteiger partial charge in [-0.2, -0.15) is 0 Å². The monoisotopic (exact) mass is 721 g/mol. The molecule has 14 heteroatoms. The lowest BCUT2D eigenvalue weighted by atomic mass is 9.91. The van der Waals surface area contributed by atoms with Crippen molar-refractivity contribution in [1.82, 2.24) is 34.7 Å². The molecule has 2 fully saturated rings. The topological polar surface area (TPSA) is 143 Å². The summed E-state index contributed by atoms with van der Waals surface area (Å²) in [4.78, 5) is 61.1. The van der Waals surface area contributed by atoms with E-state index in [1.165, 1.54) is 12.1 Å². The minimum Gasteiger partial charge on any atom is -0.370 e. The molecule has 3 amide bonds. The van der Waals surface area contributed by atoms with E-state index in [2.05, 4.69) is 15.4 Å². The quantitative estimate of drug-likeness (QED) is 0.246. The molecule has 6 rings (SSSR count). The first kappa shape index (κ1) is 37.6. The van der Waals surface area contributed by atoms with E-state index in [9.17, 15) is 23.6 Å². The summed E-state index contributed by atoms with van der Waals surface area (Å²) in [7, 11) is 1.56. The number of hydrogen-bond acceptors (Lipinski definition) is 9. The Morgan fingerprint density at radius 1 is 0.942 bits per heavy atom. The number of ether oxygens (including phenoxy) is 1. The lowest BCUT2D eigenvalue weighted by Crippen LogP contribution is -2.50. The zero-order valence-corrected chi connectivity index (χ0v) is 30.5. The Kier molecular flexibility index (Phi) is 12.7. The largest absolute Gasteiger partial charge is 0.370 e. The normalized spacial score (nSPS) is 18.5. The van der Waals surface area contributed by atoms with Crippen molar-refractivity contribution < 1.29 is 28.0 Å². The highest BCUT2D eigenvalue weighted by molar-refractivity contribution is 5.84. The average molecular weight is 722 g/mol. The van der Waals surface area contributed by atoms with Crippen LogP contribution in [-0.4, -0.2) is 107 Å². The standard InChI is InChI=1S/C38H52FN7O6/c1-26-29(15-19-43-17-13-27(14-18-43)36-30-10-9-28(39)25-32(30)52-42-36)38(50)46-16-6-7-31(37(46)41-26)51-24-5-3-4-8-34(48)44-20-22-45(23-21-44)35(49)12-11-33(47)40-2/h9-10,25,27,31H,3-8,11-24H2,1-2H3,(H,40,47). The summed E-state index contributed by atoms with van der Waals surface area (Å²) in [5, 5.41) is 7.68. The molecular formula is C38H52FN7O6. The van der Waals surface area contributed by atoms with Crippen molar-refractivity contribution in [2.45, 2.75) is 96.1 Å². The van der Waals surface area contributed by atoms with Crippen molar-refractivity contribution in [3.05, 3.63) is 57.1 Å². The zero-order chi connectivity index (χ0) is 36.6. The Labute approximate surface area is 303 Å². The van der Waals surface area contributed by atoms with Crippen LogP contribution in [0.3, 0.4) is 0 Å². The van der Waals surface area contributed by atoms with Crippen LogP contribution in [0.2, 0.25) is 0 Å². The summed E-state index contributed by atoms with van der Waals surface area (Å²) in [5.41, 5.74) is 2.98. The predicted molar refractivity (Wildman–Crippen MR) is 192 cm³/mol. The number of aryl methyl sites for hydroxylation is 1. The van der Waals surface area contributed by atoms with Crippen LogP contribution in [0.4, 0.5) is 4.39 Å². The molecule has 1 unspecified atom stereocenters. The molecule has 5 heterocycles. The molecular weight excluding hydrogens is 669 g/mol. The number of benzene rings is 1. The van der Waals surface area contributed by atoms with Gasteiger partial charge in [0.05, 0.1) is 5.69 Å². The van der Waals surface area contributed by atoms with E-state index in [0.717, 1.165) is 92.7 Å². The minimum absolute atomic E-state index is 0.0413. The van der Waals surface area contributed by atoms with Gasteiger partial charge in [-0.05, 0) is 77.1 Å². The fraction of sp³-hybridized carbons (Fsp3) is 0.632. The van der Waals surface area contributed by atoms with Crippen LogP contribution >= 0.6 is 0 Å². The van der Waals surface area contributed by atoms with Crippen LogP contribution in [-0.2, 0) is 32.1 Å². The Bertz CT molecular complexity index is 1780. The number of piperazine rings is 1. The SMILES string of the molecule is CNC(=O)CCC(=O)N1CCN(C(=O)CCCCCOC2CCCn3c2nc(C)c(CCN2CCC(c4noc5cc(F)ccc45)CC2)c3=O)CC1. The highest BCUT2D eigenvalue weighted by atomic mass is 19.1. The fourth-order valence-corrected chi connectivity index (χ4v) is 7.77. The molecule has 2 aromatic heterocycles. The summed E-state index contributed by atoms with van der Waals surface area (Å²) in [6, 6.07) is 4.59. The molecule has 13 nitrogen and oxygen atoms in total. The molecule has 52 heavy (non-hydrogen) atoms. The Morgan fingerprint density at radius 3 is 2.40 bits per heavy atom. The number of fused-ring (bicyclic) bond motifs is 2. The van der Waals surface area contributed by atoms with Gasteiger partial charge in [-0.3, -0.25) is 23.7 Å². The van der Waals surface area contributed by atoms with E-state index >= 15 is 0 Å². The number of likely N-dealkylation sites (tertiary alicyclic amines) is 1. The van der Waals surface area contributed by atoms with Crippen molar-refractivity contribution in [3.63, 3.8) is 0 Å². The van der Waals surface area contributed by atoms with Crippen molar-refractivity contribution in [3.8, 4) is 0 Å². The second-order valence-corrected chi connectivity index (χ2v) is 14.3. The van der Waals surface area contributed by atoms with Gasteiger partial charge in [0.1, 0.15) is 17.7 Å². The van der Waals surface area contributed by atoms with Gasteiger partial charge >= 0.3 is 0 Å². The number of aromatic nitrogens is 3. The molecule has 0 radical (unpaired) electrons. The Morgan fingerprint density at radius 2 is 1.67 bits per heavy atom. The number of nitrogens with zero attached hydrogens (tertiary/aromatic N) is 6. The highest BCUT2D eigenvalue weighted by Crippen LogP contribution is 2.33. The van der Waals surface area contributed by atoms with Crippen molar-refractivity contribution in [2.75, 3.05) is 59.5 Å². The smallest absolute Gasteiger partial charge is 0.257 e. The van der Waals surface area contributed by atoms with Crippen molar-refractivity contribution in [2.24, 2.45) is 0 Å². The van der Waals surface area contributed by atoms with Crippen LogP contribution in [0.15, 0.2) is 27.5 Å². The molecule has 1 atom stereocenters. The molecule has 3 aliphatic heterocycles. The lowest BCUT2D eigenvalue weighted by Gasteiger charge is -2.35. The van der Waals surface area contributed by atoms with E-state index < -0.39 is 0 Å². The molecule has 0 aliphatic carbocycles. The first-order chi connectivity index (χ1) is 25.2. The van der Waals surface area contributed by atoms with E-state index in [-0.39, 0.29) is 54.0 Å². The van der Waals surface area contributed by atoms with E-state index in [1.54, 1.807) is 18.0 Å². The molecule has 2 saturated heterocycles. The van der Waals surface area contributed by atoms with E-state index in [1.807, 2.05) is 16.4 Å². The first-order valence-electron chi connectivity index (χ1n) is 19.0. The average Bonchev–Trinajstić information content (AvgIpc) is 3.58. The third-order valence-corrected chi connectivity index (χ3v) is 10.9. The number of carbonyl (C=O) groups excluding carboxylic acids is 3. The van der Waals surface area contributed by atoms with Gasteiger partial charge in [0.15, 0.2) is 5.58 Å². The molecule has 3 aromatic rings. The molecule has 0 saturated carbocycles. The number of rotatable bonds is 14. The van der Waals surface area contributed by atoms with Crippen molar-refractivity contribution in [1.29, 1.82) is 0 Å². The molecule has 0 spiro atoms. The van der Waals surface area contributed by atoms with E-state index in [4.69, 9.17) is 14.2 Å². The lowest BCUT2D eigenvalue weighted by molar-refractivity contribution is -0.140. The summed E-state index contributed by atoms with van der Waals surface area (Å²) in [6.07, 6.45) is 7.27. The zero-order valence-electron chi connectivity index (χ0n) is 30.5. The predicted octanol–water partition coefficient (Wildman–Crippen LogP) is 3.86. The summed E-state index contributed by atoms with van der Waals surface area (Å²) >= 11 is 0. The van der Waals surface area contributed by atoms with Crippen molar-refractivity contribution >= 4 is 28.7 Å². The highest BCUT2D eigenvalue weighted by Gasteiger charge is 2.28. The molecule has 3 aliphatic rings. The number of amides is 3. The number of piperidine rings is 1. The second kappa shape index (κ2) is 17.6. The van der Waals surface area contributed by atoms with Gasteiger partial charge < -0.3 is 29.3 Å². The molecule has 282 valence electrons. The molecule has 0 bridgehead atoms. The van der Waals surface area contributed by atoms with Crippen LogP contribution in [0.1, 0.15) is 99.0 Å². The maximum atomic E-state index is 13.7. The van der Waals surface area contributed by atoms with E-state index in [0.29, 0.717) is 57.8 Å². The Hall–Kier alpha value is -4.17. The Balaban J connectivity index is 0.901. The van der Waals surface area contributed by atoms with Crippen LogP contribution in [0.5, 0.6) is 0 Å². The van der Waals surface area contributed by atoms with Gasteiger partial charge in [-0.15, -0.1) is 0 Å². The van der Waals surface area contributed by atoms with Gasteiger partial charge in [0, 0.05) is 101 Å². The third kappa shape index (κ3) is 9.06. The molecule has 1 N–H and O–H groups in total. The van der Waals surface area contributed by atoms with Crippen LogP contribution < -0.4 is 10.9 Å². The summed E-state index contributed by atoms with van der Waals surface area (Å²) in [6.45, 7) is 7.74. The van der Waals surface area contributed by atoms with Crippen LogP contribution in [0.25, 0.3) is 11.0 Å². The van der Waals surface area contributed by atoms with Gasteiger partial charge in [-0.25, -0.2) is 9.37 Å². The number of hydrogen-bond donors (Lipinski definition) is 1. The van der Waals surface area contributed by atoms with Crippen LogP contribution in [0, 0.1) is 12.7 Å². The fourth-order valence-electron chi connectivity index (χ4n) is 7.77. The third-order valence-electron chi connectivity index (χ3n) is 10.9. The summed E-state index contributed by atoms with van der Waals surface area (Å²) in [5.74, 6) is 0.572. The number of carbonyl (C=O) groups is 3. The maximum absolute atomic E-state index is 13.7. The molecule has 1 aromatic carbocycles. The van der Waals surface area contributed by atoms with Gasteiger partial charge in [-0.1, -0.05) is 11.6 Å².